The molecule has 0 radical (unpaired) electrons. The monoisotopic (exact) mass is 544 g/mol. The van der Waals surface area contributed by atoms with Gasteiger partial charge in [0.2, 0.25) is 0 Å². The highest BCUT2D eigenvalue weighted by Gasteiger charge is 2.26. The number of carbonyl (C=O) groups is 3. The molecule has 2 aliphatic rings. The molecule has 2 saturated heterocycles. The fraction of sp³-hybridized carbons (Fsp3) is 0.367. The molecule has 2 aromatic heterocycles. The van der Waals surface area contributed by atoms with Crippen molar-refractivity contribution in [2.75, 3.05) is 66.5 Å². The predicted molar refractivity (Wildman–Crippen MR) is 155 cm³/mol. The van der Waals surface area contributed by atoms with Crippen molar-refractivity contribution in [3.63, 3.8) is 0 Å². The summed E-state index contributed by atoms with van der Waals surface area (Å²) in [4.78, 5) is 50.8. The molecule has 0 saturated carbocycles. The van der Waals surface area contributed by atoms with Crippen LogP contribution in [-0.2, 0) is 6.61 Å². The Balaban J connectivity index is 0.000000161. The van der Waals surface area contributed by atoms with Crippen LogP contribution >= 0.6 is 0 Å². The largest absolute Gasteiger partial charge is 0.392 e. The number of piperazine rings is 2. The van der Waals surface area contributed by atoms with Gasteiger partial charge in [-0.25, -0.2) is 0 Å². The summed E-state index contributed by atoms with van der Waals surface area (Å²) >= 11 is 0. The standard InChI is InChI=1S/C15H19N3O2.C15H17N3O2/c2*1-17-6-8-18(9-7-17)15(20)14-12(10-19)11-4-2-3-5-13(11)16-14/h2-5,16,19H,6-10H2,1H3;2-5,10,16H,6-9H2,1H3. The highest BCUT2D eigenvalue weighted by Crippen LogP contribution is 2.24. The number of likely N-dealkylation sites (N-methyl/N-ethyl adjacent to an activating group) is 2. The molecule has 10 heteroatoms. The maximum absolute atomic E-state index is 12.6. The fourth-order valence-electron chi connectivity index (χ4n) is 5.34. The van der Waals surface area contributed by atoms with Crippen molar-refractivity contribution in [2.24, 2.45) is 0 Å². The second kappa shape index (κ2) is 12.0. The summed E-state index contributed by atoms with van der Waals surface area (Å²) in [5, 5.41) is 11.3. The van der Waals surface area contributed by atoms with Crippen LogP contribution in [0.25, 0.3) is 21.8 Å². The van der Waals surface area contributed by atoms with Gasteiger partial charge < -0.3 is 34.7 Å². The Morgan fingerprint density at radius 3 is 1.70 bits per heavy atom. The van der Waals surface area contributed by atoms with Crippen LogP contribution < -0.4 is 0 Å². The van der Waals surface area contributed by atoms with Gasteiger partial charge in [-0.05, 0) is 26.2 Å². The number of carbonyl (C=O) groups excluding carboxylic acids is 3. The molecule has 0 atom stereocenters. The summed E-state index contributed by atoms with van der Waals surface area (Å²) in [6.07, 6.45) is 0.766. The lowest BCUT2D eigenvalue weighted by molar-refractivity contribution is 0.0650. The number of benzene rings is 2. The van der Waals surface area contributed by atoms with Crippen LogP contribution in [0.4, 0.5) is 0 Å². The Kier molecular flexibility index (Phi) is 8.29. The minimum Gasteiger partial charge on any atom is -0.392 e. The lowest BCUT2D eigenvalue weighted by atomic mass is 10.1. The van der Waals surface area contributed by atoms with E-state index in [2.05, 4.69) is 26.8 Å². The van der Waals surface area contributed by atoms with Crippen molar-refractivity contribution in [2.45, 2.75) is 6.61 Å². The van der Waals surface area contributed by atoms with Crippen LogP contribution in [0.5, 0.6) is 0 Å². The van der Waals surface area contributed by atoms with Gasteiger partial charge in [0.05, 0.1) is 12.2 Å². The summed E-state index contributed by atoms with van der Waals surface area (Å²) in [5.41, 5.74) is 3.82. The number of aliphatic hydroxyl groups excluding tert-OH is 1. The van der Waals surface area contributed by atoms with Crippen LogP contribution in [0.3, 0.4) is 0 Å². The SMILES string of the molecule is CN1CCN(C(=O)c2[nH]c3ccccc3c2C=O)CC1.CN1CCN(C(=O)c2[nH]c3ccccc3c2CO)CC1. The van der Waals surface area contributed by atoms with E-state index >= 15 is 0 Å². The molecule has 2 fully saturated rings. The zero-order valence-electron chi connectivity index (χ0n) is 23.0. The third-order valence-electron chi connectivity index (χ3n) is 7.84. The molecule has 0 bridgehead atoms. The van der Waals surface area contributed by atoms with E-state index < -0.39 is 0 Å². The number of nitrogens with one attached hydrogen (secondary N) is 2. The van der Waals surface area contributed by atoms with Gasteiger partial charge in [-0.3, -0.25) is 14.4 Å². The van der Waals surface area contributed by atoms with Crippen LogP contribution in [0, 0.1) is 0 Å². The third kappa shape index (κ3) is 5.51. The minimum absolute atomic E-state index is 0.0154. The quantitative estimate of drug-likeness (QED) is 0.340. The number of hydrogen-bond donors (Lipinski definition) is 3. The molecule has 6 rings (SSSR count). The van der Waals surface area contributed by atoms with Crippen molar-refractivity contribution in [3.05, 3.63) is 71.0 Å². The van der Waals surface area contributed by atoms with Crippen LogP contribution in [-0.4, -0.2) is 119 Å². The summed E-state index contributed by atoms with van der Waals surface area (Å²) in [5.74, 6) is -0.102. The number of rotatable bonds is 4. The molecule has 2 aliphatic heterocycles. The molecule has 0 unspecified atom stereocenters. The minimum atomic E-state index is -0.126. The van der Waals surface area contributed by atoms with E-state index in [0.29, 0.717) is 35.6 Å². The lowest BCUT2D eigenvalue weighted by Gasteiger charge is -2.32. The number of fused-ring (bicyclic) bond motifs is 2. The highest BCUT2D eigenvalue weighted by atomic mass is 16.3. The molecule has 4 aromatic rings. The fourth-order valence-corrected chi connectivity index (χ4v) is 5.34. The van der Waals surface area contributed by atoms with Gasteiger partial charge in [-0.15, -0.1) is 0 Å². The molecule has 4 heterocycles. The van der Waals surface area contributed by atoms with Gasteiger partial charge >= 0.3 is 0 Å². The summed E-state index contributed by atoms with van der Waals surface area (Å²) in [6, 6.07) is 15.2. The second-order valence-corrected chi connectivity index (χ2v) is 10.5. The topological polar surface area (TPSA) is 116 Å². The van der Waals surface area contributed by atoms with Crippen molar-refractivity contribution >= 4 is 39.9 Å². The highest BCUT2D eigenvalue weighted by molar-refractivity contribution is 6.09. The number of aliphatic hydroxyl groups is 1. The number of aromatic nitrogens is 2. The third-order valence-corrected chi connectivity index (χ3v) is 7.84. The van der Waals surface area contributed by atoms with E-state index in [1.165, 1.54) is 0 Å². The predicted octanol–water partition coefficient (Wildman–Crippen LogP) is 2.42. The Hall–Kier alpha value is -3.99. The first-order valence-electron chi connectivity index (χ1n) is 13.6. The van der Waals surface area contributed by atoms with Gasteiger partial charge in [-0.2, -0.15) is 0 Å². The summed E-state index contributed by atoms with van der Waals surface area (Å²) in [6.45, 7) is 6.24. The summed E-state index contributed by atoms with van der Waals surface area (Å²) in [7, 11) is 4.10. The number of nitrogens with zero attached hydrogens (tertiary/aromatic N) is 4. The Morgan fingerprint density at radius 1 is 0.725 bits per heavy atom. The molecule has 0 spiro atoms. The maximum Gasteiger partial charge on any atom is 0.271 e. The van der Waals surface area contributed by atoms with E-state index in [-0.39, 0.29) is 18.4 Å². The first kappa shape index (κ1) is 27.6. The van der Waals surface area contributed by atoms with E-state index in [1.807, 2.05) is 60.5 Å². The van der Waals surface area contributed by atoms with Crippen molar-refractivity contribution in [3.8, 4) is 0 Å². The van der Waals surface area contributed by atoms with E-state index in [4.69, 9.17) is 0 Å². The number of H-pyrrole nitrogens is 2. The average Bonchev–Trinajstić information content (AvgIpc) is 3.56. The van der Waals surface area contributed by atoms with Crippen LogP contribution in [0.2, 0.25) is 0 Å². The lowest BCUT2D eigenvalue weighted by Crippen LogP contribution is -2.47. The summed E-state index contributed by atoms with van der Waals surface area (Å²) < 4.78 is 0. The van der Waals surface area contributed by atoms with Gasteiger partial charge in [0.1, 0.15) is 11.4 Å². The number of para-hydroxylation sites is 2. The van der Waals surface area contributed by atoms with Crippen LogP contribution in [0.1, 0.15) is 36.9 Å². The number of amides is 2. The molecule has 2 amide bonds. The van der Waals surface area contributed by atoms with Crippen molar-refractivity contribution in [1.29, 1.82) is 0 Å². The molecule has 210 valence electrons. The van der Waals surface area contributed by atoms with Gasteiger partial charge in [0.15, 0.2) is 6.29 Å². The Morgan fingerprint density at radius 2 is 1.18 bits per heavy atom. The van der Waals surface area contributed by atoms with Gasteiger partial charge in [0, 0.05) is 79.7 Å². The zero-order valence-corrected chi connectivity index (χ0v) is 23.0. The normalized spacial score (nSPS) is 16.7. The molecule has 40 heavy (non-hydrogen) atoms. The van der Waals surface area contributed by atoms with E-state index in [1.54, 1.807) is 4.90 Å². The van der Waals surface area contributed by atoms with E-state index in [9.17, 15) is 19.5 Å². The molecule has 2 aromatic carbocycles. The molecule has 0 aliphatic carbocycles. The Labute approximate surface area is 233 Å². The average molecular weight is 545 g/mol. The zero-order chi connectivity index (χ0) is 28.2. The first-order valence-corrected chi connectivity index (χ1v) is 13.6. The number of hydrogen-bond acceptors (Lipinski definition) is 6. The smallest absolute Gasteiger partial charge is 0.271 e. The number of aldehydes is 1. The first-order chi connectivity index (χ1) is 19.4. The molecule has 10 nitrogen and oxygen atoms in total. The second-order valence-electron chi connectivity index (χ2n) is 10.5. The van der Waals surface area contributed by atoms with Gasteiger partial charge in [-0.1, -0.05) is 36.4 Å². The van der Waals surface area contributed by atoms with Crippen LogP contribution in [0.15, 0.2) is 48.5 Å². The molecular formula is C30H36N6O4. The van der Waals surface area contributed by atoms with Crippen molar-refractivity contribution < 1.29 is 19.5 Å². The van der Waals surface area contributed by atoms with Gasteiger partial charge in [0.25, 0.3) is 11.8 Å². The Bertz CT molecular complexity index is 1510. The van der Waals surface area contributed by atoms with E-state index in [0.717, 1.165) is 67.4 Å². The number of aromatic amines is 2. The van der Waals surface area contributed by atoms with Crippen molar-refractivity contribution in [1.82, 2.24) is 29.6 Å². The molecule has 3 N–H and O–H groups in total. The maximum atomic E-state index is 12.6. The molecular weight excluding hydrogens is 508 g/mol.